The van der Waals surface area contributed by atoms with E-state index >= 15 is 0 Å². The molecule has 0 unspecified atom stereocenters. The fourth-order valence-corrected chi connectivity index (χ4v) is 3.76. The van der Waals surface area contributed by atoms with Crippen LogP contribution in [0.4, 0.5) is 11.5 Å². The quantitative estimate of drug-likeness (QED) is 0.831. The van der Waals surface area contributed by atoms with Crippen LogP contribution < -0.4 is 15.4 Å². The highest BCUT2D eigenvalue weighted by atomic mass is 16.5. The number of nitrogens with zero attached hydrogens (tertiary/aromatic N) is 3. The third kappa shape index (κ3) is 3.40. The van der Waals surface area contributed by atoms with Gasteiger partial charge in [-0.25, -0.2) is 4.98 Å². The van der Waals surface area contributed by atoms with Gasteiger partial charge in [-0.2, -0.15) is 0 Å². The molecule has 1 aromatic carbocycles. The molecular weight excluding hydrogens is 348 g/mol. The maximum atomic E-state index is 12.9. The average molecular weight is 370 g/mol. The number of nitrogens with one attached hydrogen (secondary N) is 1. The molecule has 1 atom stereocenters. The smallest absolute Gasteiger partial charge is 0.252 e. The van der Waals surface area contributed by atoms with Crippen molar-refractivity contribution >= 4 is 17.4 Å². The van der Waals surface area contributed by atoms with Gasteiger partial charge in [0.05, 0.1) is 25.3 Å². The van der Waals surface area contributed by atoms with Crippen LogP contribution in [-0.4, -0.2) is 53.3 Å². The van der Waals surface area contributed by atoms with E-state index in [0.717, 1.165) is 11.3 Å². The summed E-state index contributed by atoms with van der Waals surface area (Å²) in [5, 5.41) is 10.0. The van der Waals surface area contributed by atoms with Crippen LogP contribution in [0.1, 0.15) is 18.3 Å². The lowest BCUT2D eigenvalue weighted by Gasteiger charge is -2.28. The molecule has 27 heavy (non-hydrogen) atoms. The summed E-state index contributed by atoms with van der Waals surface area (Å²) in [4.78, 5) is 35.8. The Balaban J connectivity index is 1.58. The van der Waals surface area contributed by atoms with E-state index in [-0.39, 0.29) is 29.7 Å². The van der Waals surface area contributed by atoms with Gasteiger partial charge in [0, 0.05) is 30.8 Å². The molecule has 0 bridgehead atoms. The van der Waals surface area contributed by atoms with Gasteiger partial charge in [-0.3, -0.25) is 9.59 Å². The minimum absolute atomic E-state index is 0.00709. The first-order valence-corrected chi connectivity index (χ1v) is 9.09. The summed E-state index contributed by atoms with van der Waals surface area (Å²) in [6.07, 6.45) is 0.596. The predicted octanol–water partition coefficient (Wildman–Crippen LogP) is 0.832. The first-order chi connectivity index (χ1) is 13.0. The van der Waals surface area contributed by atoms with Crippen LogP contribution in [0.3, 0.4) is 0 Å². The van der Waals surface area contributed by atoms with Crippen molar-refractivity contribution in [1.29, 1.82) is 0 Å². The molecule has 1 fully saturated rings. The minimum atomic E-state index is -0.276. The number of hydrogen-bond acceptors (Lipinski definition) is 6. The standard InChI is InChI=1S/C19H22N4O4/c1-12-9-13-14(3-2-4-15(13)24)23(12)19(26)10-16-20-17(11-18(25)21-16)22-5-7-27-8-6-22/h2-4,11-12,24H,5-10H2,1H3,(H,20,21,25)/t12-/m1/s1. The van der Waals surface area contributed by atoms with Crippen LogP contribution in [0.5, 0.6) is 5.75 Å². The Morgan fingerprint density at radius 1 is 1.37 bits per heavy atom. The predicted molar refractivity (Wildman–Crippen MR) is 100 cm³/mol. The second-order valence-electron chi connectivity index (χ2n) is 6.92. The maximum absolute atomic E-state index is 12.9. The van der Waals surface area contributed by atoms with Crippen LogP contribution in [0.15, 0.2) is 29.1 Å². The van der Waals surface area contributed by atoms with Gasteiger partial charge in [-0.15, -0.1) is 0 Å². The maximum Gasteiger partial charge on any atom is 0.252 e. The van der Waals surface area contributed by atoms with E-state index in [1.54, 1.807) is 17.0 Å². The van der Waals surface area contributed by atoms with Crippen LogP contribution in [0.2, 0.25) is 0 Å². The van der Waals surface area contributed by atoms with Crippen molar-refractivity contribution in [2.75, 3.05) is 36.1 Å². The molecule has 8 nitrogen and oxygen atoms in total. The topological polar surface area (TPSA) is 98.8 Å². The van der Waals surface area contributed by atoms with Gasteiger partial charge < -0.3 is 24.6 Å². The normalized spacial score (nSPS) is 19.2. The summed E-state index contributed by atoms with van der Waals surface area (Å²) in [6, 6.07) is 6.58. The number of carbonyl (C=O) groups is 1. The second kappa shape index (κ2) is 7.03. The van der Waals surface area contributed by atoms with Gasteiger partial charge in [0.15, 0.2) is 0 Å². The van der Waals surface area contributed by atoms with Crippen molar-refractivity contribution in [2.45, 2.75) is 25.8 Å². The zero-order valence-electron chi connectivity index (χ0n) is 15.1. The molecule has 2 aliphatic rings. The van der Waals surface area contributed by atoms with Gasteiger partial charge in [0.2, 0.25) is 5.91 Å². The third-order valence-corrected chi connectivity index (χ3v) is 5.03. The highest BCUT2D eigenvalue weighted by Gasteiger charge is 2.32. The summed E-state index contributed by atoms with van der Waals surface area (Å²) < 4.78 is 5.33. The molecule has 1 saturated heterocycles. The molecule has 2 N–H and O–H groups in total. The number of amides is 1. The Kier molecular flexibility index (Phi) is 4.57. The number of carbonyl (C=O) groups excluding carboxylic acids is 1. The number of benzene rings is 1. The largest absolute Gasteiger partial charge is 0.508 e. The van der Waals surface area contributed by atoms with Crippen LogP contribution in [-0.2, 0) is 22.4 Å². The summed E-state index contributed by atoms with van der Waals surface area (Å²) in [6.45, 7) is 4.46. The van der Waals surface area contributed by atoms with Crippen molar-refractivity contribution in [2.24, 2.45) is 0 Å². The second-order valence-corrected chi connectivity index (χ2v) is 6.92. The number of rotatable bonds is 3. The SMILES string of the molecule is C[C@@H]1Cc2c(O)cccc2N1C(=O)Cc1nc(N2CCOCC2)cc(=O)[nH]1. The fourth-order valence-electron chi connectivity index (χ4n) is 3.76. The number of aromatic nitrogens is 2. The third-order valence-electron chi connectivity index (χ3n) is 5.03. The molecule has 142 valence electrons. The van der Waals surface area contributed by atoms with Crippen molar-refractivity contribution in [3.63, 3.8) is 0 Å². The Bertz CT molecular complexity index is 920. The van der Waals surface area contributed by atoms with Crippen LogP contribution in [0, 0.1) is 0 Å². The Hall–Kier alpha value is -2.87. The van der Waals surface area contributed by atoms with E-state index in [2.05, 4.69) is 9.97 Å². The first kappa shape index (κ1) is 17.5. The molecule has 0 saturated carbocycles. The Morgan fingerprint density at radius 2 is 2.15 bits per heavy atom. The molecule has 1 amide bonds. The summed E-state index contributed by atoms with van der Waals surface area (Å²) in [5.74, 6) is 0.955. The summed E-state index contributed by atoms with van der Waals surface area (Å²) in [7, 11) is 0. The van der Waals surface area contributed by atoms with E-state index in [9.17, 15) is 14.7 Å². The molecule has 3 heterocycles. The van der Waals surface area contributed by atoms with E-state index in [1.165, 1.54) is 6.07 Å². The Morgan fingerprint density at radius 3 is 2.93 bits per heavy atom. The highest BCUT2D eigenvalue weighted by Crippen LogP contribution is 2.37. The number of phenolic OH excluding ortho intramolecular Hbond substituents is 1. The lowest BCUT2D eigenvalue weighted by Crippen LogP contribution is -2.39. The average Bonchev–Trinajstić information content (AvgIpc) is 2.99. The molecule has 0 radical (unpaired) electrons. The van der Waals surface area contributed by atoms with E-state index in [4.69, 9.17) is 4.74 Å². The van der Waals surface area contributed by atoms with Crippen LogP contribution in [0.25, 0.3) is 0 Å². The zero-order valence-corrected chi connectivity index (χ0v) is 15.1. The Labute approximate surface area is 156 Å². The van der Waals surface area contributed by atoms with Crippen molar-refractivity contribution < 1.29 is 14.6 Å². The van der Waals surface area contributed by atoms with E-state index in [1.807, 2.05) is 17.9 Å². The number of morpholine rings is 1. The number of aromatic amines is 1. The van der Waals surface area contributed by atoms with Crippen molar-refractivity contribution in [3.8, 4) is 5.75 Å². The molecule has 2 aliphatic heterocycles. The number of anilines is 2. The minimum Gasteiger partial charge on any atom is -0.508 e. The van der Waals surface area contributed by atoms with Crippen molar-refractivity contribution in [3.05, 3.63) is 46.0 Å². The number of fused-ring (bicyclic) bond motifs is 1. The number of aromatic hydroxyl groups is 1. The molecule has 1 aromatic heterocycles. The van der Waals surface area contributed by atoms with Crippen LogP contribution >= 0.6 is 0 Å². The van der Waals surface area contributed by atoms with Gasteiger partial charge in [-0.05, 0) is 25.5 Å². The van der Waals surface area contributed by atoms with Crippen molar-refractivity contribution in [1.82, 2.24) is 9.97 Å². The van der Waals surface area contributed by atoms with E-state index in [0.29, 0.717) is 44.4 Å². The molecule has 0 aliphatic carbocycles. The molecular formula is C19H22N4O4. The molecule has 2 aromatic rings. The van der Waals surface area contributed by atoms with Gasteiger partial charge in [-0.1, -0.05) is 6.07 Å². The molecule has 0 spiro atoms. The van der Waals surface area contributed by atoms with Gasteiger partial charge in [0.1, 0.15) is 17.4 Å². The van der Waals surface area contributed by atoms with E-state index < -0.39 is 0 Å². The first-order valence-electron chi connectivity index (χ1n) is 9.09. The van der Waals surface area contributed by atoms with Gasteiger partial charge >= 0.3 is 0 Å². The summed E-state index contributed by atoms with van der Waals surface area (Å²) >= 11 is 0. The zero-order chi connectivity index (χ0) is 19.0. The molecule has 8 heteroatoms. The monoisotopic (exact) mass is 370 g/mol. The van der Waals surface area contributed by atoms with Gasteiger partial charge in [0.25, 0.3) is 5.56 Å². The number of ether oxygens (including phenoxy) is 1. The number of hydrogen-bond donors (Lipinski definition) is 2. The lowest BCUT2D eigenvalue weighted by atomic mass is 10.1. The molecule has 4 rings (SSSR count). The highest BCUT2D eigenvalue weighted by molar-refractivity contribution is 5.97. The number of H-pyrrole nitrogens is 1. The lowest BCUT2D eigenvalue weighted by molar-refractivity contribution is -0.118. The fraction of sp³-hybridized carbons (Fsp3) is 0.421. The number of phenols is 1. The summed E-state index contributed by atoms with van der Waals surface area (Å²) in [5.41, 5.74) is 1.22.